The van der Waals surface area contributed by atoms with Gasteiger partial charge in [0.15, 0.2) is 5.82 Å². The van der Waals surface area contributed by atoms with Gasteiger partial charge in [0.1, 0.15) is 17.3 Å². The van der Waals surface area contributed by atoms with E-state index in [1.165, 1.54) is 6.07 Å². The molecule has 0 saturated carbocycles. The first kappa shape index (κ1) is 20.2. The Morgan fingerprint density at radius 3 is 2.55 bits per heavy atom. The van der Waals surface area contributed by atoms with Crippen LogP contribution in [0.15, 0.2) is 47.1 Å². The third kappa shape index (κ3) is 5.04. The molecular weight excluding hydrogens is 372 g/mol. The summed E-state index contributed by atoms with van der Waals surface area (Å²) in [6.07, 6.45) is 1.62. The molecule has 0 unspecified atom stereocenters. The lowest BCUT2D eigenvalue weighted by Gasteiger charge is -2.12. The average Bonchev–Trinajstić information content (AvgIpc) is 3.13. The van der Waals surface area contributed by atoms with Crippen molar-refractivity contribution >= 4 is 17.5 Å². The number of amides is 2. The Labute approximate surface area is 168 Å². The van der Waals surface area contributed by atoms with Crippen molar-refractivity contribution in [3.63, 3.8) is 0 Å². The summed E-state index contributed by atoms with van der Waals surface area (Å²) in [5.74, 6) is 1.55. The van der Waals surface area contributed by atoms with Crippen LogP contribution in [0.25, 0.3) is 11.3 Å². The first-order chi connectivity index (χ1) is 13.8. The number of nitrogens with zero attached hydrogens (tertiary/aromatic N) is 2. The topological polar surface area (TPSA) is 110 Å². The molecule has 2 heterocycles. The molecule has 8 heteroatoms. The zero-order chi connectivity index (χ0) is 21.0. The van der Waals surface area contributed by atoms with Gasteiger partial charge in [0.05, 0.1) is 24.2 Å². The molecule has 0 radical (unpaired) electrons. The van der Waals surface area contributed by atoms with Crippen LogP contribution in [0.1, 0.15) is 33.5 Å². The van der Waals surface area contributed by atoms with E-state index in [1.807, 2.05) is 33.8 Å². The van der Waals surface area contributed by atoms with Crippen molar-refractivity contribution in [3.05, 3.63) is 48.4 Å². The summed E-state index contributed by atoms with van der Waals surface area (Å²) in [6.45, 7) is 8.42. The highest BCUT2D eigenvalue weighted by atomic mass is 16.5. The Morgan fingerprint density at radius 1 is 1.17 bits per heavy atom. The molecule has 0 aliphatic carbocycles. The van der Waals surface area contributed by atoms with Crippen molar-refractivity contribution in [1.29, 1.82) is 0 Å². The highest BCUT2D eigenvalue weighted by molar-refractivity contribution is 6.00. The standard InChI is InChI=1S/C21H24N4O4/c1-5-28-14-7-9-15(22-12-14)13-6-8-16(17(26)10-13)23-20(27)24-19-11-18(29-25-19)21(2,3)4/h6-12,26H,5H2,1-4H3,(H2,23,24,25,27). The monoisotopic (exact) mass is 396 g/mol. The van der Waals surface area contributed by atoms with E-state index in [2.05, 4.69) is 20.8 Å². The minimum atomic E-state index is -0.541. The van der Waals surface area contributed by atoms with Gasteiger partial charge in [-0.05, 0) is 31.2 Å². The number of carbonyl (C=O) groups is 1. The summed E-state index contributed by atoms with van der Waals surface area (Å²) in [5.41, 5.74) is 1.43. The minimum Gasteiger partial charge on any atom is -0.506 e. The summed E-state index contributed by atoms with van der Waals surface area (Å²) >= 11 is 0. The van der Waals surface area contributed by atoms with Crippen LogP contribution >= 0.6 is 0 Å². The van der Waals surface area contributed by atoms with Crippen LogP contribution in [-0.2, 0) is 5.41 Å². The molecule has 0 aliphatic rings. The third-order valence-corrected chi connectivity index (χ3v) is 4.08. The second-order valence-corrected chi connectivity index (χ2v) is 7.45. The number of hydrogen-bond acceptors (Lipinski definition) is 6. The molecule has 0 spiro atoms. The molecule has 152 valence electrons. The molecule has 3 N–H and O–H groups in total. The van der Waals surface area contributed by atoms with Gasteiger partial charge in [-0.15, -0.1) is 0 Å². The van der Waals surface area contributed by atoms with Crippen molar-refractivity contribution in [1.82, 2.24) is 10.1 Å². The number of nitrogens with one attached hydrogen (secondary N) is 2. The average molecular weight is 396 g/mol. The third-order valence-electron chi connectivity index (χ3n) is 4.08. The molecule has 1 aromatic carbocycles. The van der Waals surface area contributed by atoms with E-state index < -0.39 is 6.03 Å². The summed E-state index contributed by atoms with van der Waals surface area (Å²) in [6, 6.07) is 9.63. The number of rotatable bonds is 5. The maximum atomic E-state index is 12.2. The lowest BCUT2D eigenvalue weighted by molar-refractivity contribution is 0.261. The van der Waals surface area contributed by atoms with Crippen LogP contribution in [0.5, 0.6) is 11.5 Å². The zero-order valence-corrected chi connectivity index (χ0v) is 16.8. The molecule has 2 amide bonds. The van der Waals surface area contributed by atoms with E-state index in [1.54, 1.807) is 30.5 Å². The van der Waals surface area contributed by atoms with Gasteiger partial charge < -0.3 is 19.7 Å². The van der Waals surface area contributed by atoms with Crippen LogP contribution < -0.4 is 15.4 Å². The molecule has 0 fully saturated rings. The number of anilines is 2. The van der Waals surface area contributed by atoms with Gasteiger partial charge in [-0.1, -0.05) is 32.0 Å². The lowest BCUT2D eigenvalue weighted by Crippen LogP contribution is -2.19. The molecule has 2 aromatic heterocycles. The fraction of sp³-hybridized carbons (Fsp3) is 0.286. The normalized spacial score (nSPS) is 11.2. The summed E-state index contributed by atoms with van der Waals surface area (Å²) in [7, 11) is 0. The molecule has 3 rings (SSSR count). The second-order valence-electron chi connectivity index (χ2n) is 7.45. The number of hydrogen-bond donors (Lipinski definition) is 3. The second kappa shape index (κ2) is 8.22. The summed E-state index contributed by atoms with van der Waals surface area (Å²) in [4.78, 5) is 16.5. The van der Waals surface area contributed by atoms with Gasteiger partial charge in [-0.2, -0.15) is 0 Å². The van der Waals surface area contributed by atoms with E-state index in [0.717, 1.165) is 0 Å². The van der Waals surface area contributed by atoms with Crippen molar-refractivity contribution in [2.24, 2.45) is 0 Å². The number of pyridine rings is 1. The van der Waals surface area contributed by atoms with E-state index in [9.17, 15) is 9.90 Å². The molecule has 8 nitrogen and oxygen atoms in total. The first-order valence-electron chi connectivity index (χ1n) is 9.23. The van der Waals surface area contributed by atoms with Gasteiger partial charge in [0.2, 0.25) is 0 Å². The zero-order valence-electron chi connectivity index (χ0n) is 16.8. The highest BCUT2D eigenvalue weighted by Gasteiger charge is 2.20. The molecular formula is C21H24N4O4. The number of carbonyl (C=O) groups excluding carboxylic acids is 1. The predicted octanol–water partition coefficient (Wildman–Crippen LogP) is 4.78. The molecule has 0 atom stereocenters. The molecule has 0 aliphatic heterocycles. The summed E-state index contributed by atoms with van der Waals surface area (Å²) < 4.78 is 10.6. The highest BCUT2D eigenvalue weighted by Crippen LogP contribution is 2.30. The molecule has 0 bridgehead atoms. The van der Waals surface area contributed by atoms with Crippen molar-refractivity contribution in [2.75, 3.05) is 17.2 Å². The number of benzene rings is 1. The Bertz CT molecular complexity index is 991. The van der Waals surface area contributed by atoms with Crippen LogP contribution in [0, 0.1) is 0 Å². The Morgan fingerprint density at radius 2 is 1.97 bits per heavy atom. The number of ether oxygens (including phenoxy) is 1. The van der Waals surface area contributed by atoms with Crippen molar-refractivity contribution < 1.29 is 19.2 Å². The van der Waals surface area contributed by atoms with Gasteiger partial charge in [-0.25, -0.2) is 4.79 Å². The smallest absolute Gasteiger partial charge is 0.325 e. The number of aromatic nitrogens is 2. The van der Waals surface area contributed by atoms with E-state index >= 15 is 0 Å². The van der Waals surface area contributed by atoms with Gasteiger partial charge in [0, 0.05) is 17.0 Å². The fourth-order valence-corrected chi connectivity index (χ4v) is 2.56. The van der Waals surface area contributed by atoms with Gasteiger partial charge in [0.25, 0.3) is 0 Å². The maximum absolute atomic E-state index is 12.2. The van der Waals surface area contributed by atoms with Gasteiger partial charge >= 0.3 is 6.03 Å². The van der Waals surface area contributed by atoms with Gasteiger partial charge in [-0.3, -0.25) is 10.3 Å². The van der Waals surface area contributed by atoms with Crippen LogP contribution in [0.2, 0.25) is 0 Å². The largest absolute Gasteiger partial charge is 0.506 e. The van der Waals surface area contributed by atoms with Crippen LogP contribution in [0.3, 0.4) is 0 Å². The lowest BCUT2D eigenvalue weighted by atomic mass is 9.93. The SMILES string of the molecule is CCOc1ccc(-c2ccc(NC(=O)Nc3cc(C(C)(C)C)on3)c(O)c2)nc1. The number of aromatic hydroxyl groups is 1. The number of urea groups is 1. The maximum Gasteiger partial charge on any atom is 0.325 e. The van der Waals surface area contributed by atoms with Crippen molar-refractivity contribution in [2.45, 2.75) is 33.1 Å². The molecule has 0 saturated heterocycles. The Kier molecular flexibility index (Phi) is 5.72. The van der Waals surface area contributed by atoms with Crippen molar-refractivity contribution in [3.8, 4) is 22.8 Å². The Balaban J connectivity index is 1.67. The predicted molar refractivity (Wildman–Crippen MR) is 110 cm³/mol. The van der Waals surface area contributed by atoms with E-state index in [4.69, 9.17) is 9.26 Å². The Hall–Kier alpha value is -3.55. The summed E-state index contributed by atoms with van der Waals surface area (Å²) in [5, 5.41) is 19.3. The fourth-order valence-electron chi connectivity index (χ4n) is 2.56. The molecule has 3 aromatic rings. The van der Waals surface area contributed by atoms with Crippen LogP contribution in [0.4, 0.5) is 16.3 Å². The minimum absolute atomic E-state index is 0.0798. The van der Waals surface area contributed by atoms with E-state index in [-0.39, 0.29) is 16.9 Å². The number of phenols is 1. The van der Waals surface area contributed by atoms with Crippen LogP contribution in [-0.4, -0.2) is 27.9 Å². The molecule has 29 heavy (non-hydrogen) atoms. The first-order valence-corrected chi connectivity index (χ1v) is 9.23. The number of phenolic OH excluding ortho intramolecular Hbond substituents is 1. The van der Waals surface area contributed by atoms with E-state index in [0.29, 0.717) is 35.2 Å². The quantitative estimate of drug-likeness (QED) is 0.535.